The first kappa shape index (κ1) is 19.9. The van der Waals surface area contributed by atoms with Crippen LogP contribution in [0.3, 0.4) is 0 Å². The normalized spacial score (nSPS) is 12.4. The van der Waals surface area contributed by atoms with E-state index in [4.69, 9.17) is 4.74 Å². The quantitative estimate of drug-likeness (QED) is 0.579. The summed E-state index contributed by atoms with van der Waals surface area (Å²) in [6.07, 6.45) is 0. The molecule has 0 spiro atoms. The van der Waals surface area contributed by atoms with Crippen LogP contribution in [-0.4, -0.2) is 15.5 Å². The van der Waals surface area contributed by atoms with Gasteiger partial charge in [-0.05, 0) is 61.4 Å². The molecule has 0 aromatic heterocycles. The Balaban J connectivity index is 2.15. The molecule has 0 amide bonds. The van der Waals surface area contributed by atoms with Crippen LogP contribution in [0.4, 0.5) is 10.1 Å². The molecule has 0 bridgehead atoms. The molecule has 3 aromatic carbocycles. The van der Waals surface area contributed by atoms with Gasteiger partial charge in [-0.15, -0.1) is 0 Å². The van der Waals surface area contributed by atoms with Gasteiger partial charge in [-0.2, -0.15) is 0 Å². The molecule has 0 aliphatic rings. The highest BCUT2D eigenvalue weighted by molar-refractivity contribution is 7.92. The zero-order chi connectivity index (χ0) is 20.3. The molecule has 4 nitrogen and oxygen atoms in total. The van der Waals surface area contributed by atoms with E-state index in [2.05, 4.69) is 0 Å². The summed E-state index contributed by atoms with van der Waals surface area (Å²) in [5, 5.41) is 0. The summed E-state index contributed by atoms with van der Waals surface area (Å²) in [6.45, 7) is 3.40. The molecule has 0 aliphatic heterocycles. The third kappa shape index (κ3) is 3.87. The number of benzene rings is 3. The van der Waals surface area contributed by atoms with Gasteiger partial charge in [-0.1, -0.05) is 36.4 Å². The third-order valence-corrected chi connectivity index (χ3v) is 6.56. The highest BCUT2D eigenvalue weighted by Crippen LogP contribution is 2.34. The molecule has 0 N–H and O–H groups in total. The second kappa shape index (κ2) is 8.02. The zero-order valence-corrected chi connectivity index (χ0v) is 16.8. The molecule has 1 atom stereocenters. The van der Waals surface area contributed by atoms with Crippen LogP contribution in [0.5, 0.6) is 5.75 Å². The SMILES string of the molecule is COc1ccc(N(C(C)c2ccccc2)S(=O)(=O)c2ccc(C)c(F)c2)cc1. The summed E-state index contributed by atoms with van der Waals surface area (Å²) in [5.74, 6) is 0.0676. The monoisotopic (exact) mass is 399 g/mol. The fourth-order valence-electron chi connectivity index (χ4n) is 3.01. The van der Waals surface area contributed by atoms with E-state index < -0.39 is 21.9 Å². The van der Waals surface area contributed by atoms with Gasteiger partial charge in [0.1, 0.15) is 11.6 Å². The largest absolute Gasteiger partial charge is 0.497 e. The van der Waals surface area contributed by atoms with Crippen molar-refractivity contribution in [3.63, 3.8) is 0 Å². The summed E-state index contributed by atoms with van der Waals surface area (Å²) in [6, 6.07) is 19.6. The van der Waals surface area contributed by atoms with Crippen molar-refractivity contribution < 1.29 is 17.5 Å². The number of hydrogen-bond acceptors (Lipinski definition) is 3. The van der Waals surface area contributed by atoms with Crippen LogP contribution >= 0.6 is 0 Å². The Morgan fingerprint density at radius 2 is 1.61 bits per heavy atom. The summed E-state index contributed by atoms with van der Waals surface area (Å²) < 4.78 is 47.6. The van der Waals surface area contributed by atoms with Crippen molar-refractivity contribution in [1.29, 1.82) is 0 Å². The van der Waals surface area contributed by atoms with Crippen LogP contribution in [0.2, 0.25) is 0 Å². The van der Waals surface area contributed by atoms with Crippen LogP contribution in [0.15, 0.2) is 77.7 Å². The number of ether oxygens (including phenoxy) is 1. The highest BCUT2D eigenvalue weighted by Gasteiger charge is 2.31. The summed E-state index contributed by atoms with van der Waals surface area (Å²) >= 11 is 0. The van der Waals surface area contributed by atoms with E-state index in [1.54, 1.807) is 38.3 Å². The predicted molar refractivity (Wildman–Crippen MR) is 109 cm³/mol. The van der Waals surface area contributed by atoms with E-state index in [-0.39, 0.29) is 4.90 Å². The minimum atomic E-state index is -4.01. The van der Waals surface area contributed by atoms with Crippen molar-refractivity contribution in [2.24, 2.45) is 0 Å². The maximum absolute atomic E-state index is 14.1. The average molecular weight is 399 g/mol. The molecular weight excluding hydrogens is 377 g/mol. The molecule has 146 valence electrons. The Morgan fingerprint density at radius 1 is 0.964 bits per heavy atom. The summed E-state index contributed by atoms with van der Waals surface area (Å²) in [4.78, 5) is -0.0887. The average Bonchev–Trinajstić information content (AvgIpc) is 2.71. The molecule has 6 heteroatoms. The number of hydrogen-bond donors (Lipinski definition) is 0. The van der Waals surface area contributed by atoms with Gasteiger partial charge >= 0.3 is 0 Å². The maximum atomic E-state index is 14.1. The minimum Gasteiger partial charge on any atom is -0.497 e. The van der Waals surface area contributed by atoms with Gasteiger partial charge in [0.05, 0.1) is 23.7 Å². The molecule has 0 saturated heterocycles. The number of sulfonamides is 1. The standard InChI is InChI=1S/C22H22FNO3S/c1-16-9-14-21(15-22(16)23)28(25,26)24(17(2)18-7-5-4-6-8-18)19-10-12-20(27-3)13-11-19/h4-15,17H,1-3H3. The molecule has 28 heavy (non-hydrogen) atoms. The first-order chi connectivity index (χ1) is 13.3. The fraction of sp³-hybridized carbons (Fsp3) is 0.182. The molecule has 0 radical (unpaired) electrons. The number of nitrogens with zero attached hydrogens (tertiary/aromatic N) is 1. The Hall–Kier alpha value is -2.86. The van der Waals surface area contributed by atoms with Crippen LogP contribution in [0.25, 0.3) is 0 Å². The fourth-order valence-corrected chi connectivity index (χ4v) is 4.67. The molecule has 3 rings (SSSR count). The van der Waals surface area contributed by atoms with E-state index in [9.17, 15) is 12.8 Å². The first-order valence-electron chi connectivity index (χ1n) is 8.84. The van der Waals surface area contributed by atoms with Crippen molar-refractivity contribution in [1.82, 2.24) is 0 Å². The number of aryl methyl sites for hydroxylation is 1. The number of methoxy groups -OCH3 is 1. The molecule has 0 fully saturated rings. The number of anilines is 1. The maximum Gasteiger partial charge on any atom is 0.264 e. The van der Waals surface area contributed by atoms with Crippen LogP contribution in [-0.2, 0) is 10.0 Å². The Kier molecular flexibility index (Phi) is 5.70. The molecule has 0 saturated carbocycles. The van der Waals surface area contributed by atoms with Gasteiger partial charge in [0.15, 0.2) is 0 Å². The molecule has 3 aromatic rings. The smallest absolute Gasteiger partial charge is 0.264 e. The molecule has 0 aliphatic carbocycles. The van der Waals surface area contributed by atoms with Crippen LogP contribution in [0.1, 0.15) is 24.1 Å². The van der Waals surface area contributed by atoms with Gasteiger partial charge in [0.2, 0.25) is 0 Å². The van der Waals surface area contributed by atoms with Gasteiger partial charge < -0.3 is 4.74 Å². The summed E-state index contributed by atoms with van der Waals surface area (Å²) in [5.41, 5.74) is 1.69. The molecular formula is C22H22FNO3S. The van der Waals surface area contributed by atoms with Crippen molar-refractivity contribution in [3.05, 3.63) is 89.7 Å². The second-order valence-corrected chi connectivity index (χ2v) is 8.31. The minimum absolute atomic E-state index is 0.0887. The lowest BCUT2D eigenvalue weighted by Crippen LogP contribution is -2.33. The van der Waals surface area contributed by atoms with E-state index in [0.717, 1.165) is 11.6 Å². The lowest BCUT2D eigenvalue weighted by atomic mass is 10.1. The van der Waals surface area contributed by atoms with E-state index in [1.165, 1.54) is 16.4 Å². The highest BCUT2D eigenvalue weighted by atomic mass is 32.2. The Morgan fingerprint density at radius 3 is 2.18 bits per heavy atom. The van der Waals surface area contributed by atoms with Gasteiger partial charge in [-0.25, -0.2) is 12.8 Å². The Labute approximate surface area is 165 Å². The van der Waals surface area contributed by atoms with Crippen molar-refractivity contribution >= 4 is 15.7 Å². The van der Waals surface area contributed by atoms with Crippen molar-refractivity contribution in [2.75, 3.05) is 11.4 Å². The third-order valence-electron chi connectivity index (χ3n) is 4.66. The van der Waals surface area contributed by atoms with Crippen molar-refractivity contribution in [2.45, 2.75) is 24.8 Å². The molecule has 1 unspecified atom stereocenters. The van der Waals surface area contributed by atoms with E-state index in [1.807, 2.05) is 37.3 Å². The lowest BCUT2D eigenvalue weighted by Gasteiger charge is -2.31. The second-order valence-electron chi connectivity index (χ2n) is 6.50. The van der Waals surface area contributed by atoms with Gasteiger partial charge in [0, 0.05) is 0 Å². The zero-order valence-electron chi connectivity index (χ0n) is 16.0. The van der Waals surface area contributed by atoms with Gasteiger partial charge in [0.25, 0.3) is 10.0 Å². The van der Waals surface area contributed by atoms with Crippen LogP contribution < -0.4 is 9.04 Å². The lowest BCUT2D eigenvalue weighted by molar-refractivity contribution is 0.415. The van der Waals surface area contributed by atoms with Crippen LogP contribution in [0, 0.1) is 12.7 Å². The van der Waals surface area contributed by atoms with Crippen molar-refractivity contribution in [3.8, 4) is 5.75 Å². The van der Waals surface area contributed by atoms with E-state index >= 15 is 0 Å². The van der Waals surface area contributed by atoms with E-state index in [0.29, 0.717) is 17.0 Å². The Bertz CT molecular complexity index is 1050. The number of rotatable bonds is 6. The number of halogens is 1. The topological polar surface area (TPSA) is 46.6 Å². The summed E-state index contributed by atoms with van der Waals surface area (Å²) in [7, 11) is -2.46. The predicted octanol–water partition coefficient (Wildman–Crippen LogP) is 5.10. The van der Waals surface area contributed by atoms with Gasteiger partial charge in [-0.3, -0.25) is 4.31 Å². The molecule has 0 heterocycles. The first-order valence-corrected chi connectivity index (χ1v) is 10.3.